The molecule has 2 N–H and O–H groups in total. The lowest BCUT2D eigenvalue weighted by atomic mass is 10.4. The van der Waals surface area contributed by atoms with Crippen LogP contribution in [0.25, 0.3) is 0 Å². The fourth-order valence-electron chi connectivity index (χ4n) is 0.827. The zero-order valence-electron chi connectivity index (χ0n) is 9.08. The summed E-state index contributed by atoms with van der Waals surface area (Å²) < 4.78 is 11.0. The van der Waals surface area contributed by atoms with Crippen molar-refractivity contribution in [3.05, 3.63) is 0 Å². The Morgan fingerprint density at radius 3 is 2.80 bits per heavy atom. The molecule has 0 aliphatic heterocycles. The summed E-state index contributed by atoms with van der Waals surface area (Å²) in [4.78, 5) is 11.1. The van der Waals surface area contributed by atoms with Crippen molar-refractivity contribution >= 4 is 16.7 Å². The predicted molar refractivity (Wildman–Crippen MR) is 59.6 cm³/mol. The van der Waals surface area contributed by atoms with Crippen molar-refractivity contribution in [2.24, 2.45) is 0 Å². The van der Waals surface area contributed by atoms with E-state index >= 15 is 0 Å². The van der Waals surface area contributed by atoms with E-state index in [-0.39, 0.29) is 17.7 Å². The highest BCUT2D eigenvalue weighted by atomic mass is 32.2. The van der Waals surface area contributed by atoms with Gasteiger partial charge in [-0.1, -0.05) is 0 Å². The first-order valence-electron chi connectivity index (χ1n) is 4.74. The van der Waals surface area contributed by atoms with Gasteiger partial charge in [-0.15, -0.1) is 0 Å². The summed E-state index contributed by atoms with van der Waals surface area (Å²) in [5, 5.41) is 13.8. The van der Waals surface area contributed by atoms with Gasteiger partial charge in [0.1, 0.15) is 0 Å². The summed E-state index contributed by atoms with van der Waals surface area (Å²) in [5.41, 5.74) is 0. The van der Waals surface area contributed by atoms with E-state index in [1.54, 1.807) is 6.26 Å². The van der Waals surface area contributed by atoms with Crippen LogP contribution in [-0.2, 0) is 15.6 Å². The van der Waals surface area contributed by atoms with Crippen LogP contribution in [0.15, 0.2) is 0 Å². The molecule has 0 spiro atoms. The second-order valence-electron chi connectivity index (χ2n) is 3.20. The second-order valence-corrected chi connectivity index (χ2v) is 5.00. The van der Waals surface area contributed by atoms with Crippen molar-refractivity contribution < 1.29 is 9.00 Å². The van der Waals surface area contributed by atoms with Gasteiger partial charge in [0, 0.05) is 35.4 Å². The summed E-state index contributed by atoms with van der Waals surface area (Å²) in [5.74, 6) is -0.140. The van der Waals surface area contributed by atoms with Crippen LogP contribution in [0, 0.1) is 11.3 Å². The highest BCUT2D eigenvalue weighted by Gasteiger charge is 2.06. The molecule has 0 aliphatic rings. The van der Waals surface area contributed by atoms with Crippen LogP contribution >= 0.6 is 0 Å². The third kappa shape index (κ3) is 8.09. The van der Waals surface area contributed by atoms with Crippen molar-refractivity contribution in [1.29, 1.82) is 5.26 Å². The van der Waals surface area contributed by atoms with Crippen LogP contribution < -0.4 is 10.6 Å². The van der Waals surface area contributed by atoms with Crippen LogP contribution in [-0.4, -0.2) is 41.3 Å². The first-order chi connectivity index (χ1) is 7.07. The van der Waals surface area contributed by atoms with Gasteiger partial charge in [0.15, 0.2) is 0 Å². The quantitative estimate of drug-likeness (QED) is 0.572. The molecule has 0 aromatic carbocycles. The zero-order valence-corrected chi connectivity index (χ0v) is 9.89. The van der Waals surface area contributed by atoms with E-state index in [9.17, 15) is 9.00 Å². The minimum absolute atomic E-state index is 0.0388. The molecule has 2 atom stereocenters. The first-order valence-corrected chi connectivity index (χ1v) is 6.36. The molecule has 15 heavy (non-hydrogen) atoms. The molecule has 5 nitrogen and oxygen atoms in total. The number of nitrogens with one attached hydrogen (secondary N) is 2. The lowest BCUT2D eigenvalue weighted by molar-refractivity contribution is -0.120. The highest BCUT2D eigenvalue weighted by Crippen LogP contribution is 1.88. The van der Waals surface area contributed by atoms with Crippen molar-refractivity contribution in [2.45, 2.75) is 18.6 Å². The van der Waals surface area contributed by atoms with Gasteiger partial charge < -0.3 is 10.6 Å². The standard InChI is InChI=1S/C9H17N3O2S/c1-8(15(2)14)6-11-7-9(13)12-5-3-4-10/h8,11H,3,5-7H2,1-2H3,(H,12,13). The van der Waals surface area contributed by atoms with Gasteiger partial charge in [0.2, 0.25) is 5.91 Å². The lowest BCUT2D eigenvalue weighted by Crippen LogP contribution is -2.37. The second kappa shape index (κ2) is 8.38. The molecule has 0 aromatic heterocycles. The summed E-state index contributed by atoms with van der Waals surface area (Å²) in [6.45, 7) is 2.99. The Kier molecular flexibility index (Phi) is 7.86. The summed E-state index contributed by atoms with van der Waals surface area (Å²) in [6.07, 6.45) is 1.96. The topological polar surface area (TPSA) is 82.0 Å². The molecule has 6 heteroatoms. The van der Waals surface area contributed by atoms with E-state index in [1.165, 1.54) is 0 Å². The predicted octanol–water partition coefficient (Wildman–Crippen LogP) is -0.627. The molecular formula is C9H17N3O2S. The van der Waals surface area contributed by atoms with E-state index < -0.39 is 10.8 Å². The molecule has 0 aromatic rings. The number of nitriles is 1. The Morgan fingerprint density at radius 2 is 2.27 bits per heavy atom. The Morgan fingerprint density at radius 1 is 1.60 bits per heavy atom. The molecule has 0 rings (SSSR count). The summed E-state index contributed by atoms with van der Waals surface area (Å²) >= 11 is 0. The number of carbonyl (C=O) groups is 1. The smallest absolute Gasteiger partial charge is 0.233 e. The molecule has 0 heterocycles. The number of hydrogen-bond donors (Lipinski definition) is 2. The maximum absolute atomic E-state index is 11.1. The van der Waals surface area contributed by atoms with E-state index in [4.69, 9.17) is 5.26 Å². The third-order valence-electron chi connectivity index (χ3n) is 1.84. The minimum Gasteiger partial charge on any atom is -0.354 e. The molecule has 1 amide bonds. The molecule has 2 unspecified atom stereocenters. The van der Waals surface area contributed by atoms with E-state index in [2.05, 4.69) is 10.6 Å². The zero-order chi connectivity index (χ0) is 11.7. The van der Waals surface area contributed by atoms with Crippen molar-refractivity contribution in [3.63, 3.8) is 0 Å². The average molecular weight is 231 g/mol. The van der Waals surface area contributed by atoms with E-state index in [1.807, 2.05) is 13.0 Å². The molecular weight excluding hydrogens is 214 g/mol. The number of rotatable bonds is 7. The Hall–Kier alpha value is -0.930. The highest BCUT2D eigenvalue weighted by molar-refractivity contribution is 7.84. The van der Waals surface area contributed by atoms with Crippen LogP contribution in [0.1, 0.15) is 13.3 Å². The minimum atomic E-state index is -0.869. The Labute approximate surface area is 92.7 Å². The molecule has 0 saturated heterocycles. The summed E-state index contributed by atoms with van der Waals surface area (Å²) in [7, 11) is -0.869. The van der Waals surface area contributed by atoms with Gasteiger partial charge in [-0.25, -0.2) is 0 Å². The third-order valence-corrected chi connectivity index (χ3v) is 3.14. The van der Waals surface area contributed by atoms with Gasteiger partial charge in [-0.2, -0.15) is 5.26 Å². The van der Waals surface area contributed by atoms with Gasteiger partial charge in [0.25, 0.3) is 0 Å². The maximum atomic E-state index is 11.1. The fraction of sp³-hybridized carbons (Fsp3) is 0.778. The normalized spacial score (nSPS) is 13.9. The number of amides is 1. The monoisotopic (exact) mass is 231 g/mol. The number of nitrogens with zero attached hydrogens (tertiary/aromatic N) is 1. The molecule has 0 fully saturated rings. The van der Waals surface area contributed by atoms with Gasteiger partial charge in [-0.3, -0.25) is 9.00 Å². The molecule has 0 aliphatic carbocycles. The van der Waals surface area contributed by atoms with Crippen LogP contribution in [0.5, 0.6) is 0 Å². The van der Waals surface area contributed by atoms with Gasteiger partial charge in [-0.05, 0) is 6.92 Å². The van der Waals surface area contributed by atoms with Crippen LogP contribution in [0.4, 0.5) is 0 Å². The number of carbonyl (C=O) groups excluding carboxylic acids is 1. The van der Waals surface area contributed by atoms with Crippen LogP contribution in [0.2, 0.25) is 0 Å². The van der Waals surface area contributed by atoms with E-state index in [0.717, 1.165) is 0 Å². The number of hydrogen-bond acceptors (Lipinski definition) is 4. The van der Waals surface area contributed by atoms with Crippen molar-refractivity contribution in [3.8, 4) is 6.07 Å². The van der Waals surface area contributed by atoms with Gasteiger partial charge >= 0.3 is 0 Å². The van der Waals surface area contributed by atoms with E-state index in [0.29, 0.717) is 19.5 Å². The lowest BCUT2D eigenvalue weighted by Gasteiger charge is -2.09. The largest absolute Gasteiger partial charge is 0.354 e. The fourth-order valence-corrected chi connectivity index (χ4v) is 1.18. The van der Waals surface area contributed by atoms with Gasteiger partial charge in [0.05, 0.1) is 19.0 Å². The molecule has 0 saturated carbocycles. The Bertz CT molecular complexity index is 263. The molecule has 0 radical (unpaired) electrons. The van der Waals surface area contributed by atoms with Crippen molar-refractivity contribution in [2.75, 3.05) is 25.9 Å². The van der Waals surface area contributed by atoms with Crippen molar-refractivity contribution in [1.82, 2.24) is 10.6 Å². The summed E-state index contributed by atoms with van der Waals surface area (Å²) in [6, 6.07) is 1.94. The molecule has 0 bridgehead atoms. The first kappa shape index (κ1) is 14.1. The molecule has 86 valence electrons. The maximum Gasteiger partial charge on any atom is 0.233 e. The van der Waals surface area contributed by atoms with Crippen LogP contribution in [0.3, 0.4) is 0 Å². The Balaban J connectivity index is 3.47. The SMILES string of the molecule is CC(CNCC(=O)NCCC#N)S(C)=O. The average Bonchev–Trinajstić information content (AvgIpc) is 2.18.